The van der Waals surface area contributed by atoms with E-state index in [9.17, 15) is 22.8 Å². The van der Waals surface area contributed by atoms with Gasteiger partial charge in [0.05, 0.1) is 5.56 Å². The molecule has 7 nitrogen and oxygen atoms in total. The highest BCUT2D eigenvalue weighted by atomic mass is 19.4. The molecule has 0 unspecified atom stereocenters. The van der Waals surface area contributed by atoms with Crippen LogP contribution in [0.15, 0.2) is 35.0 Å². The van der Waals surface area contributed by atoms with E-state index in [4.69, 9.17) is 4.52 Å². The van der Waals surface area contributed by atoms with Crippen molar-refractivity contribution in [1.82, 2.24) is 15.1 Å². The predicted octanol–water partition coefficient (Wildman–Crippen LogP) is 5.92. The van der Waals surface area contributed by atoms with E-state index < -0.39 is 11.7 Å². The second kappa shape index (κ2) is 9.48. The van der Waals surface area contributed by atoms with Crippen LogP contribution in [0.5, 0.6) is 0 Å². The number of rotatable bonds is 7. The van der Waals surface area contributed by atoms with E-state index in [0.717, 1.165) is 30.2 Å². The van der Waals surface area contributed by atoms with Crippen LogP contribution in [0.4, 0.5) is 19.0 Å². The third-order valence-electron chi connectivity index (χ3n) is 6.00. The molecule has 2 aromatic heterocycles. The van der Waals surface area contributed by atoms with E-state index in [1.54, 1.807) is 25.1 Å². The number of aryl methyl sites for hydroxylation is 2. The predicted molar refractivity (Wildman–Crippen MR) is 126 cm³/mol. The highest BCUT2D eigenvalue weighted by molar-refractivity contribution is 5.94. The quantitative estimate of drug-likeness (QED) is 0.405. The van der Waals surface area contributed by atoms with E-state index in [2.05, 4.69) is 20.4 Å². The maximum absolute atomic E-state index is 13.7. The number of nitrogens with one attached hydrogen (secondary N) is 1. The molecule has 0 aliphatic heterocycles. The van der Waals surface area contributed by atoms with E-state index in [-0.39, 0.29) is 46.6 Å². The van der Waals surface area contributed by atoms with Crippen LogP contribution in [0.1, 0.15) is 73.2 Å². The molecule has 1 aliphatic carbocycles. The van der Waals surface area contributed by atoms with E-state index in [1.165, 1.54) is 6.07 Å². The lowest BCUT2D eigenvalue weighted by molar-refractivity contribution is -0.137. The van der Waals surface area contributed by atoms with Crippen molar-refractivity contribution in [2.45, 2.75) is 65.0 Å². The van der Waals surface area contributed by atoms with E-state index >= 15 is 0 Å². The van der Waals surface area contributed by atoms with Gasteiger partial charge in [0.2, 0.25) is 23.4 Å². The van der Waals surface area contributed by atoms with Crippen molar-refractivity contribution >= 4 is 17.5 Å². The molecule has 0 spiro atoms. The van der Waals surface area contributed by atoms with Crippen LogP contribution in [-0.4, -0.2) is 26.8 Å². The summed E-state index contributed by atoms with van der Waals surface area (Å²) in [6, 6.07) is 6.18. The molecule has 1 aliphatic rings. The Morgan fingerprint density at radius 3 is 2.44 bits per heavy atom. The number of nitrogens with zero attached hydrogens (tertiary/aromatic N) is 3. The average molecular weight is 501 g/mol. The summed E-state index contributed by atoms with van der Waals surface area (Å²) in [7, 11) is 0. The van der Waals surface area contributed by atoms with Crippen molar-refractivity contribution < 1.29 is 27.3 Å². The second-order valence-corrected chi connectivity index (χ2v) is 10.1. The zero-order chi connectivity index (χ0) is 26.3. The lowest BCUT2D eigenvalue weighted by Gasteiger charge is -2.16. The second-order valence-electron chi connectivity index (χ2n) is 10.1. The molecule has 1 saturated carbocycles. The number of hydrogen-bond donors (Lipinski definition) is 1. The highest BCUT2D eigenvalue weighted by Gasteiger charge is 2.35. The van der Waals surface area contributed by atoms with E-state index in [0.29, 0.717) is 17.9 Å². The van der Waals surface area contributed by atoms with Crippen LogP contribution < -0.4 is 5.32 Å². The third kappa shape index (κ3) is 5.80. The molecule has 10 heteroatoms. The summed E-state index contributed by atoms with van der Waals surface area (Å²) < 4.78 is 46.3. The zero-order valence-electron chi connectivity index (χ0n) is 20.5. The molecule has 1 aromatic carbocycles. The topological polar surface area (TPSA) is 98.0 Å². The molecule has 0 saturated heterocycles. The van der Waals surface area contributed by atoms with Gasteiger partial charge in [0.1, 0.15) is 5.82 Å². The molecular weight excluding hydrogens is 473 g/mol. The fourth-order valence-corrected chi connectivity index (χ4v) is 3.71. The summed E-state index contributed by atoms with van der Waals surface area (Å²) in [5.74, 6) is -0.146. The summed E-state index contributed by atoms with van der Waals surface area (Å²) in [6.45, 7) is 7.48. The summed E-state index contributed by atoms with van der Waals surface area (Å²) in [6.07, 6.45) is -1.83. The largest absolute Gasteiger partial charge is 0.418 e. The molecule has 2 heterocycles. The number of aromatic nitrogens is 3. The fourth-order valence-electron chi connectivity index (χ4n) is 3.71. The number of hydrogen-bond acceptors (Lipinski definition) is 6. The van der Waals surface area contributed by atoms with Crippen molar-refractivity contribution in [3.8, 4) is 11.1 Å². The van der Waals surface area contributed by atoms with Crippen LogP contribution >= 0.6 is 0 Å². The zero-order valence-corrected chi connectivity index (χ0v) is 20.5. The minimum Gasteiger partial charge on any atom is -0.338 e. The number of Topliss-reactive ketones (excluding diaryl/α,β-unsaturated/α-hetero) is 1. The Hall–Kier alpha value is -3.56. The van der Waals surface area contributed by atoms with Gasteiger partial charge in [-0.3, -0.25) is 9.59 Å². The van der Waals surface area contributed by atoms with Gasteiger partial charge in [0.25, 0.3) is 0 Å². The monoisotopic (exact) mass is 500 g/mol. The number of pyridine rings is 1. The van der Waals surface area contributed by atoms with Crippen LogP contribution in [0, 0.1) is 12.8 Å². The van der Waals surface area contributed by atoms with E-state index in [1.807, 2.05) is 20.8 Å². The first-order valence-corrected chi connectivity index (χ1v) is 11.7. The summed E-state index contributed by atoms with van der Waals surface area (Å²) in [5.41, 5.74) is 0.554. The lowest BCUT2D eigenvalue weighted by atomic mass is 9.95. The number of anilines is 1. The standard InChI is InChI=1S/C26H27F3N4O3/c1-14-11-17(8-5-15(14)9-10-20(34)22-32-24(36-33-22)25(2,3)4)18-12-21(31-23(35)16-6-7-16)30-13-19(18)26(27,28)29/h5,8,11-13,16H,6-7,9-10H2,1-4H3,(H,30,31,35). The molecule has 4 rings (SSSR count). The van der Waals surface area contributed by atoms with Gasteiger partial charge < -0.3 is 9.84 Å². The Labute approximate surface area is 206 Å². The van der Waals surface area contributed by atoms with Crippen LogP contribution in [0.25, 0.3) is 11.1 Å². The van der Waals surface area contributed by atoms with Gasteiger partial charge in [0, 0.05) is 24.0 Å². The van der Waals surface area contributed by atoms with Crippen molar-refractivity contribution in [2.75, 3.05) is 5.32 Å². The summed E-state index contributed by atoms with van der Waals surface area (Å²) >= 11 is 0. The summed E-state index contributed by atoms with van der Waals surface area (Å²) in [4.78, 5) is 32.6. The van der Waals surface area contributed by atoms with Crippen molar-refractivity contribution in [3.05, 3.63) is 58.9 Å². The Morgan fingerprint density at radius 1 is 1.14 bits per heavy atom. The molecule has 0 radical (unpaired) electrons. The molecule has 190 valence electrons. The number of amides is 1. The Morgan fingerprint density at radius 2 is 1.86 bits per heavy atom. The Kier molecular flexibility index (Phi) is 6.72. The molecule has 1 N–H and O–H groups in total. The van der Waals surface area contributed by atoms with Gasteiger partial charge in [-0.25, -0.2) is 4.98 Å². The molecular formula is C26H27F3N4O3. The van der Waals surface area contributed by atoms with Crippen molar-refractivity contribution in [2.24, 2.45) is 5.92 Å². The van der Waals surface area contributed by atoms with Gasteiger partial charge in [-0.2, -0.15) is 18.2 Å². The SMILES string of the molecule is Cc1cc(-c2cc(NC(=O)C3CC3)ncc2C(F)(F)F)ccc1CCC(=O)c1noc(C(C)(C)C)n1. The third-order valence-corrected chi connectivity index (χ3v) is 6.00. The first-order chi connectivity index (χ1) is 16.8. The molecule has 1 amide bonds. The molecule has 0 bridgehead atoms. The number of halogens is 3. The molecule has 0 atom stereocenters. The number of alkyl halides is 3. The van der Waals surface area contributed by atoms with Gasteiger partial charge in [-0.1, -0.05) is 44.1 Å². The molecule has 3 aromatic rings. The van der Waals surface area contributed by atoms with Crippen LogP contribution in [-0.2, 0) is 22.8 Å². The van der Waals surface area contributed by atoms with Crippen molar-refractivity contribution in [1.29, 1.82) is 0 Å². The van der Waals surface area contributed by atoms with Crippen molar-refractivity contribution in [3.63, 3.8) is 0 Å². The van der Waals surface area contributed by atoms with Gasteiger partial charge in [-0.05, 0) is 54.5 Å². The maximum atomic E-state index is 13.7. The minimum atomic E-state index is -4.61. The minimum absolute atomic E-state index is 0.0153. The summed E-state index contributed by atoms with van der Waals surface area (Å²) in [5, 5.41) is 6.37. The van der Waals surface area contributed by atoms with Crippen LogP contribution in [0.2, 0.25) is 0 Å². The number of carbonyl (C=O) groups excluding carboxylic acids is 2. The van der Waals surface area contributed by atoms with Crippen LogP contribution in [0.3, 0.4) is 0 Å². The molecule has 36 heavy (non-hydrogen) atoms. The normalized spacial score (nSPS) is 14.1. The number of ketones is 1. The first-order valence-electron chi connectivity index (χ1n) is 11.7. The number of benzene rings is 1. The number of carbonyl (C=O) groups is 2. The highest BCUT2D eigenvalue weighted by Crippen LogP contribution is 2.39. The smallest absolute Gasteiger partial charge is 0.338 e. The average Bonchev–Trinajstić information content (AvgIpc) is 3.52. The van der Waals surface area contributed by atoms with Gasteiger partial charge in [-0.15, -0.1) is 0 Å². The Bertz CT molecular complexity index is 1300. The fraction of sp³-hybridized carbons (Fsp3) is 0.423. The maximum Gasteiger partial charge on any atom is 0.418 e. The van der Waals surface area contributed by atoms with Gasteiger partial charge in [0.15, 0.2) is 0 Å². The molecule has 1 fully saturated rings. The van der Waals surface area contributed by atoms with Gasteiger partial charge >= 0.3 is 6.18 Å². The first kappa shape index (κ1) is 25.5. The lowest BCUT2D eigenvalue weighted by Crippen LogP contribution is -2.15. The Balaban J connectivity index is 1.53.